The number of carboxylic acids is 1. The monoisotopic (exact) mass is 301 g/mol. The zero-order valence-electron chi connectivity index (χ0n) is 10.5. The van der Waals surface area contributed by atoms with E-state index < -0.39 is 11.9 Å². The normalized spacial score (nSPS) is 11.3. The average Bonchev–Trinajstić information content (AvgIpc) is 2.33. The van der Waals surface area contributed by atoms with Crippen LogP contribution >= 0.6 is 23.2 Å². The van der Waals surface area contributed by atoms with Crippen LogP contribution in [-0.2, 0) is 4.79 Å². The predicted octanol–water partition coefficient (Wildman–Crippen LogP) is 3.99. The number of amides is 1. The molecule has 1 aromatic carbocycles. The van der Waals surface area contributed by atoms with Gasteiger partial charge in [0.1, 0.15) is 5.56 Å². The third-order valence-electron chi connectivity index (χ3n) is 2.42. The van der Waals surface area contributed by atoms with Crippen LogP contribution in [0.4, 0.5) is 5.69 Å². The van der Waals surface area contributed by atoms with E-state index in [1.54, 1.807) is 13.0 Å². The van der Waals surface area contributed by atoms with Crippen molar-refractivity contribution in [3.63, 3.8) is 0 Å². The third-order valence-corrected chi connectivity index (χ3v) is 3.05. The van der Waals surface area contributed by atoms with Gasteiger partial charge in [0.25, 0.3) is 5.91 Å². The van der Waals surface area contributed by atoms with Crippen molar-refractivity contribution in [2.75, 3.05) is 5.32 Å². The highest BCUT2D eigenvalue weighted by molar-refractivity contribution is 6.38. The van der Waals surface area contributed by atoms with Crippen molar-refractivity contribution in [2.24, 2.45) is 0 Å². The molecule has 2 N–H and O–H groups in total. The lowest BCUT2D eigenvalue weighted by molar-refractivity contribution is -0.112. The first-order valence-electron chi connectivity index (χ1n) is 5.57. The highest BCUT2D eigenvalue weighted by Crippen LogP contribution is 2.32. The van der Waals surface area contributed by atoms with E-state index in [1.807, 2.05) is 6.92 Å². The van der Waals surface area contributed by atoms with Gasteiger partial charge in [-0.25, -0.2) is 4.79 Å². The van der Waals surface area contributed by atoms with Gasteiger partial charge in [-0.1, -0.05) is 36.2 Å². The molecule has 0 aromatic heterocycles. The summed E-state index contributed by atoms with van der Waals surface area (Å²) in [4.78, 5) is 23.0. The molecule has 0 bridgehead atoms. The number of rotatable bonds is 4. The molecular formula is C13H13Cl2NO3. The minimum Gasteiger partial charge on any atom is -0.478 e. The van der Waals surface area contributed by atoms with Crippen LogP contribution in [0.2, 0.25) is 10.0 Å². The SMILES string of the molecule is CC/C=C(/C)C(=O)Nc1c(Cl)ccc(Cl)c1C(=O)O. The van der Waals surface area contributed by atoms with Crippen LogP contribution in [-0.4, -0.2) is 17.0 Å². The summed E-state index contributed by atoms with van der Waals surface area (Å²) >= 11 is 11.7. The number of anilines is 1. The first-order chi connectivity index (χ1) is 8.88. The molecular weight excluding hydrogens is 289 g/mol. The topological polar surface area (TPSA) is 66.4 Å². The smallest absolute Gasteiger partial charge is 0.339 e. The number of hydrogen-bond acceptors (Lipinski definition) is 2. The summed E-state index contributed by atoms with van der Waals surface area (Å²) in [6, 6.07) is 2.81. The van der Waals surface area contributed by atoms with E-state index in [-0.39, 0.29) is 21.3 Å². The van der Waals surface area contributed by atoms with Gasteiger partial charge in [-0.15, -0.1) is 0 Å². The van der Waals surface area contributed by atoms with Crippen LogP contribution in [0.25, 0.3) is 0 Å². The van der Waals surface area contributed by atoms with Gasteiger partial charge >= 0.3 is 5.97 Å². The van der Waals surface area contributed by atoms with Crippen molar-refractivity contribution < 1.29 is 14.7 Å². The Bertz CT molecular complexity index is 553. The maximum atomic E-state index is 11.9. The second kappa shape index (κ2) is 6.59. The molecule has 0 spiro atoms. The van der Waals surface area contributed by atoms with E-state index in [9.17, 15) is 9.59 Å². The van der Waals surface area contributed by atoms with Crippen LogP contribution < -0.4 is 5.32 Å². The highest BCUT2D eigenvalue weighted by atomic mass is 35.5. The Hall–Kier alpha value is -1.52. The molecule has 0 radical (unpaired) electrons. The number of carbonyl (C=O) groups excluding carboxylic acids is 1. The van der Waals surface area contributed by atoms with Gasteiger partial charge in [-0.05, 0) is 25.5 Å². The molecule has 0 aliphatic rings. The Labute approximate surface area is 121 Å². The van der Waals surface area contributed by atoms with Gasteiger partial charge < -0.3 is 10.4 Å². The maximum absolute atomic E-state index is 11.9. The molecule has 0 fully saturated rings. The number of nitrogens with one attached hydrogen (secondary N) is 1. The molecule has 0 unspecified atom stereocenters. The standard InChI is InChI=1S/C13H13Cl2NO3/c1-3-4-7(2)12(17)16-11-9(15)6-5-8(14)10(11)13(18)19/h4-6H,3H2,1-2H3,(H,16,17)(H,18,19)/b7-4-. The van der Waals surface area contributed by atoms with Crippen LogP contribution in [0.15, 0.2) is 23.8 Å². The van der Waals surface area contributed by atoms with Crippen molar-refractivity contribution in [3.8, 4) is 0 Å². The number of carboxylic acid groups (broad SMARTS) is 1. The van der Waals surface area contributed by atoms with E-state index >= 15 is 0 Å². The van der Waals surface area contributed by atoms with E-state index in [4.69, 9.17) is 28.3 Å². The summed E-state index contributed by atoms with van der Waals surface area (Å²) in [5, 5.41) is 11.7. The van der Waals surface area contributed by atoms with Crippen LogP contribution in [0.3, 0.4) is 0 Å². The van der Waals surface area contributed by atoms with E-state index in [1.165, 1.54) is 12.1 Å². The molecule has 4 nitrogen and oxygen atoms in total. The molecule has 0 aliphatic heterocycles. The molecule has 102 valence electrons. The zero-order valence-corrected chi connectivity index (χ0v) is 12.0. The number of carbonyl (C=O) groups is 2. The van der Waals surface area contributed by atoms with Crippen molar-refractivity contribution in [1.29, 1.82) is 0 Å². The number of halogens is 2. The fourth-order valence-corrected chi connectivity index (χ4v) is 1.94. The van der Waals surface area contributed by atoms with Crippen LogP contribution in [0, 0.1) is 0 Å². The summed E-state index contributed by atoms with van der Waals surface area (Å²) in [7, 11) is 0. The van der Waals surface area contributed by atoms with Crippen molar-refractivity contribution in [1.82, 2.24) is 0 Å². The van der Waals surface area contributed by atoms with Gasteiger partial charge in [0.15, 0.2) is 0 Å². The second-order valence-electron chi connectivity index (χ2n) is 3.83. The lowest BCUT2D eigenvalue weighted by Crippen LogP contribution is -2.16. The Morgan fingerprint density at radius 1 is 1.32 bits per heavy atom. The average molecular weight is 302 g/mol. The fourth-order valence-electron chi connectivity index (χ4n) is 1.49. The molecule has 0 heterocycles. The van der Waals surface area contributed by atoms with Gasteiger partial charge in [-0.3, -0.25) is 4.79 Å². The first-order valence-corrected chi connectivity index (χ1v) is 6.33. The number of aromatic carboxylic acids is 1. The van der Waals surface area contributed by atoms with Crippen molar-refractivity contribution in [2.45, 2.75) is 20.3 Å². The predicted molar refractivity (Wildman–Crippen MR) is 76.1 cm³/mol. The molecule has 0 saturated heterocycles. The van der Waals surface area contributed by atoms with Gasteiger partial charge in [0, 0.05) is 5.57 Å². The quantitative estimate of drug-likeness (QED) is 0.826. The molecule has 0 aliphatic carbocycles. The molecule has 0 atom stereocenters. The summed E-state index contributed by atoms with van der Waals surface area (Å²) in [6.45, 7) is 3.53. The molecule has 0 saturated carbocycles. The van der Waals surface area contributed by atoms with Crippen molar-refractivity contribution in [3.05, 3.63) is 39.4 Å². The van der Waals surface area contributed by atoms with Gasteiger partial charge in [-0.2, -0.15) is 0 Å². The Balaban J connectivity index is 3.21. The first kappa shape index (κ1) is 15.5. The molecule has 1 rings (SSSR count). The Morgan fingerprint density at radius 2 is 1.89 bits per heavy atom. The van der Waals surface area contributed by atoms with E-state index in [2.05, 4.69) is 5.32 Å². The van der Waals surface area contributed by atoms with E-state index in [0.717, 1.165) is 0 Å². The molecule has 6 heteroatoms. The molecule has 1 amide bonds. The highest BCUT2D eigenvalue weighted by Gasteiger charge is 2.19. The van der Waals surface area contributed by atoms with Crippen molar-refractivity contribution >= 4 is 40.8 Å². The summed E-state index contributed by atoms with van der Waals surface area (Å²) in [5.74, 6) is -1.66. The fraction of sp³-hybridized carbons (Fsp3) is 0.231. The maximum Gasteiger partial charge on any atom is 0.339 e. The van der Waals surface area contributed by atoms with Crippen LogP contribution in [0.1, 0.15) is 30.6 Å². The number of benzene rings is 1. The lowest BCUT2D eigenvalue weighted by atomic mass is 10.1. The van der Waals surface area contributed by atoms with Gasteiger partial charge in [0.2, 0.25) is 0 Å². The number of hydrogen-bond donors (Lipinski definition) is 2. The van der Waals surface area contributed by atoms with Gasteiger partial charge in [0.05, 0.1) is 15.7 Å². The summed E-state index contributed by atoms with van der Waals surface area (Å²) in [5.41, 5.74) is 0.275. The van der Waals surface area contributed by atoms with E-state index in [0.29, 0.717) is 12.0 Å². The minimum atomic E-state index is -1.25. The Kier molecular flexibility index (Phi) is 5.39. The zero-order chi connectivity index (χ0) is 14.6. The second-order valence-corrected chi connectivity index (χ2v) is 4.65. The summed E-state index contributed by atoms with van der Waals surface area (Å²) in [6.07, 6.45) is 2.43. The summed E-state index contributed by atoms with van der Waals surface area (Å²) < 4.78 is 0. The third kappa shape index (κ3) is 3.72. The molecule has 1 aromatic rings. The Morgan fingerprint density at radius 3 is 2.42 bits per heavy atom. The lowest BCUT2D eigenvalue weighted by Gasteiger charge is -2.12. The minimum absolute atomic E-state index is 0.00974. The number of allylic oxidation sites excluding steroid dienone is 1. The molecule has 19 heavy (non-hydrogen) atoms. The van der Waals surface area contributed by atoms with Crippen LogP contribution in [0.5, 0.6) is 0 Å². The largest absolute Gasteiger partial charge is 0.478 e.